The second-order valence-electron chi connectivity index (χ2n) is 5.10. The number of hydrogen-bond donors (Lipinski definition) is 1. The first-order chi connectivity index (χ1) is 12.6. The van der Waals surface area contributed by atoms with E-state index in [0.29, 0.717) is 39.0 Å². The Labute approximate surface area is 164 Å². The quantitative estimate of drug-likeness (QED) is 0.624. The van der Waals surface area contributed by atoms with Crippen LogP contribution >= 0.6 is 35.0 Å². The molecule has 3 rings (SSSR count). The Morgan fingerprint density at radius 2 is 2.12 bits per heavy atom. The highest BCUT2D eigenvalue weighted by atomic mass is 35.5. The number of benzene rings is 1. The molecular formula is C16H14Cl2N6OS. The van der Waals surface area contributed by atoms with Crippen molar-refractivity contribution in [2.75, 3.05) is 11.1 Å². The molecular weight excluding hydrogens is 395 g/mol. The molecule has 3 aromatic rings. The predicted molar refractivity (Wildman–Crippen MR) is 103 cm³/mol. The molecule has 0 aliphatic heterocycles. The van der Waals surface area contributed by atoms with Crippen molar-refractivity contribution in [2.45, 2.75) is 18.6 Å². The number of carbonyl (C=O) groups excluding carboxylic acids is 1. The van der Waals surface area contributed by atoms with Crippen molar-refractivity contribution in [3.8, 4) is 11.5 Å². The molecule has 1 N–H and O–H groups in total. The van der Waals surface area contributed by atoms with Crippen molar-refractivity contribution in [3.05, 3.63) is 46.8 Å². The van der Waals surface area contributed by atoms with E-state index in [1.165, 1.54) is 11.8 Å². The number of amides is 1. The molecule has 0 atom stereocenters. The van der Waals surface area contributed by atoms with Gasteiger partial charge in [0.25, 0.3) is 0 Å². The Hall–Kier alpha value is -2.16. The number of nitrogens with one attached hydrogen (secondary N) is 1. The van der Waals surface area contributed by atoms with Crippen LogP contribution < -0.4 is 5.32 Å². The fourth-order valence-electron chi connectivity index (χ4n) is 2.19. The van der Waals surface area contributed by atoms with Gasteiger partial charge in [-0.2, -0.15) is 0 Å². The standard InChI is InChI=1S/C16H14Cl2N6OS/c1-2-24-15(13-8-19-5-6-20-13)22-23-16(24)26-9-14(25)21-12-4-3-10(17)7-11(12)18/h3-8H,2,9H2,1H3,(H,21,25). The van der Waals surface area contributed by atoms with Crippen LogP contribution in [0, 0.1) is 0 Å². The van der Waals surface area contributed by atoms with Crippen LogP contribution in [0.15, 0.2) is 41.9 Å². The Morgan fingerprint density at radius 1 is 1.27 bits per heavy atom. The molecule has 0 aliphatic carbocycles. The zero-order chi connectivity index (χ0) is 18.5. The van der Waals surface area contributed by atoms with Crippen molar-refractivity contribution in [1.82, 2.24) is 24.7 Å². The maximum absolute atomic E-state index is 12.2. The second-order valence-corrected chi connectivity index (χ2v) is 6.89. The van der Waals surface area contributed by atoms with Crippen LogP contribution in [-0.2, 0) is 11.3 Å². The molecule has 0 saturated heterocycles. The molecule has 1 amide bonds. The summed E-state index contributed by atoms with van der Waals surface area (Å²) in [4.78, 5) is 20.5. The first-order valence-electron chi connectivity index (χ1n) is 7.65. The maximum Gasteiger partial charge on any atom is 0.234 e. The van der Waals surface area contributed by atoms with Crippen LogP contribution in [-0.4, -0.2) is 36.4 Å². The lowest BCUT2D eigenvalue weighted by Crippen LogP contribution is -2.15. The number of rotatable bonds is 6. The van der Waals surface area contributed by atoms with Crippen molar-refractivity contribution in [3.63, 3.8) is 0 Å². The van der Waals surface area contributed by atoms with Crippen molar-refractivity contribution in [1.29, 1.82) is 0 Å². The topological polar surface area (TPSA) is 85.6 Å². The molecule has 0 radical (unpaired) electrons. The third-order valence-electron chi connectivity index (χ3n) is 3.36. The summed E-state index contributed by atoms with van der Waals surface area (Å²) >= 11 is 13.2. The van der Waals surface area contributed by atoms with E-state index in [2.05, 4.69) is 25.5 Å². The number of nitrogens with zero attached hydrogens (tertiary/aromatic N) is 5. The maximum atomic E-state index is 12.2. The second kappa shape index (κ2) is 8.48. The van der Waals surface area contributed by atoms with Gasteiger partial charge in [0.15, 0.2) is 11.0 Å². The van der Waals surface area contributed by atoms with Gasteiger partial charge in [-0.15, -0.1) is 10.2 Å². The van der Waals surface area contributed by atoms with Gasteiger partial charge in [-0.3, -0.25) is 9.78 Å². The number of aromatic nitrogens is 5. The summed E-state index contributed by atoms with van der Waals surface area (Å²) in [6.45, 7) is 2.62. The lowest BCUT2D eigenvalue weighted by Gasteiger charge is -2.08. The number of thioether (sulfide) groups is 1. The van der Waals surface area contributed by atoms with E-state index in [4.69, 9.17) is 23.2 Å². The van der Waals surface area contributed by atoms with E-state index in [-0.39, 0.29) is 11.7 Å². The van der Waals surface area contributed by atoms with E-state index < -0.39 is 0 Å². The molecule has 134 valence electrons. The summed E-state index contributed by atoms with van der Waals surface area (Å²) in [5, 5.41) is 12.6. The smallest absolute Gasteiger partial charge is 0.234 e. The van der Waals surface area contributed by atoms with Crippen LogP contribution in [0.5, 0.6) is 0 Å². The molecule has 0 bridgehead atoms. The highest BCUT2D eigenvalue weighted by Gasteiger charge is 2.16. The lowest BCUT2D eigenvalue weighted by molar-refractivity contribution is -0.113. The van der Waals surface area contributed by atoms with Crippen molar-refractivity contribution >= 4 is 46.6 Å². The van der Waals surface area contributed by atoms with Gasteiger partial charge in [0.1, 0.15) is 5.69 Å². The molecule has 0 saturated carbocycles. The average molecular weight is 409 g/mol. The van der Waals surface area contributed by atoms with Gasteiger partial charge in [-0.25, -0.2) is 4.98 Å². The molecule has 2 heterocycles. The molecule has 0 aliphatic rings. The zero-order valence-corrected chi connectivity index (χ0v) is 16.0. The fourth-order valence-corrected chi connectivity index (χ4v) is 3.45. The Morgan fingerprint density at radius 3 is 2.81 bits per heavy atom. The van der Waals surface area contributed by atoms with E-state index in [9.17, 15) is 4.79 Å². The molecule has 26 heavy (non-hydrogen) atoms. The molecule has 0 unspecified atom stereocenters. The van der Waals surface area contributed by atoms with Crippen molar-refractivity contribution < 1.29 is 4.79 Å². The molecule has 0 spiro atoms. The zero-order valence-electron chi connectivity index (χ0n) is 13.7. The third kappa shape index (κ3) is 4.32. The summed E-state index contributed by atoms with van der Waals surface area (Å²) in [5.74, 6) is 0.576. The molecule has 7 nitrogen and oxygen atoms in total. The highest BCUT2D eigenvalue weighted by molar-refractivity contribution is 7.99. The average Bonchev–Trinajstić information content (AvgIpc) is 3.06. The molecule has 1 aromatic carbocycles. The lowest BCUT2D eigenvalue weighted by atomic mass is 10.3. The summed E-state index contributed by atoms with van der Waals surface area (Å²) in [5.41, 5.74) is 1.14. The summed E-state index contributed by atoms with van der Waals surface area (Å²) in [6, 6.07) is 4.90. The number of anilines is 1. The van der Waals surface area contributed by atoms with Gasteiger partial charge in [0.2, 0.25) is 5.91 Å². The van der Waals surface area contributed by atoms with Crippen LogP contribution in [0.4, 0.5) is 5.69 Å². The van der Waals surface area contributed by atoms with Gasteiger partial charge in [0.05, 0.1) is 22.7 Å². The van der Waals surface area contributed by atoms with Crippen LogP contribution in [0.3, 0.4) is 0 Å². The number of hydrogen-bond acceptors (Lipinski definition) is 6. The molecule has 0 fully saturated rings. The monoisotopic (exact) mass is 408 g/mol. The molecule has 2 aromatic heterocycles. The van der Waals surface area contributed by atoms with E-state index in [1.807, 2.05) is 11.5 Å². The Kier molecular flexibility index (Phi) is 6.08. The Balaban J connectivity index is 1.68. The van der Waals surface area contributed by atoms with Gasteiger partial charge >= 0.3 is 0 Å². The van der Waals surface area contributed by atoms with Gasteiger partial charge < -0.3 is 9.88 Å². The van der Waals surface area contributed by atoms with Gasteiger partial charge in [-0.1, -0.05) is 35.0 Å². The third-order valence-corrected chi connectivity index (χ3v) is 4.88. The predicted octanol–water partition coefficient (Wildman–Crippen LogP) is 3.79. The van der Waals surface area contributed by atoms with E-state index in [1.54, 1.807) is 36.8 Å². The largest absolute Gasteiger partial charge is 0.324 e. The van der Waals surface area contributed by atoms with E-state index >= 15 is 0 Å². The van der Waals surface area contributed by atoms with Crippen LogP contribution in [0.2, 0.25) is 10.0 Å². The van der Waals surface area contributed by atoms with Crippen LogP contribution in [0.1, 0.15) is 6.92 Å². The normalized spacial score (nSPS) is 10.7. The minimum Gasteiger partial charge on any atom is -0.324 e. The SMILES string of the molecule is CCn1c(SCC(=O)Nc2ccc(Cl)cc2Cl)nnc1-c1cnccn1. The Bertz CT molecular complexity index is 918. The number of halogens is 2. The summed E-state index contributed by atoms with van der Waals surface area (Å²) in [7, 11) is 0. The summed E-state index contributed by atoms with van der Waals surface area (Å²) < 4.78 is 1.89. The number of carbonyl (C=O) groups is 1. The first kappa shape index (κ1) is 18.6. The summed E-state index contributed by atoms with van der Waals surface area (Å²) in [6.07, 6.45) is 4.82. The van der Waals surface area contributed by atoms with Crippen molar-refractivity contribution in [2.24, 2.45) is 0 Å². The minimum atomic E-state index is -0.203. The van der Waals surface area contributed by atoms with Gasteiger partial charge in [-0.05, 0) is 25.1 Å². The van der Waals surface area contributed by atoms with Crippen LogP contribution in [0.25, 0.3) is 11.5 Å². The minimum absolute atomic E-state index is 0.164. The van der Waals surface area contributed by atoms with Gasteiger partial charge in [0, 0.05) is 24.0 Å². The molecule has 10 heteroatoms. The fraction of sp³-hybridized carbons (Fsp3) is 0.188. The first-order valence-corrected chi connectivity index (χ1v) is 9.40. The van der Waals surface area contributed by atoms with E-state index in [0.717, 1.165) is 0 Å². The highest BCUT2D eigenvalue weighted by Crippen LogP contribution is 2.26.